The summed E-state index contributed by atoms with van der Waals surface area (Å²) in [6.45, 7) is 0. The van der Waals surface area contributed by atoms with Crippen molar-refractivity contribution in [3.63, 3.8) is 0 Å². The van der Waals surface area contributed by atoms with E-state index < -0.39 is 17.8 Å². The van der Waals surface area contributed by atoms with Crippen LogP contribution in [0.15, 0.2) is 47.0 Å². The number of pyridine rings is 1. The molecule has 0 fully saturated rings. The van der Waals surface area contributed by atoms with Gasteiger partial charge in [-0.05, 0) is 30.2 Å². The van der Waals surface area contributed by atoms with Gasteiger partial charge in [-0.1, -0.05) is 18.2 Å². The van der Waals surface area contributed by atoms with Crippen LogP contribution in [0.25, 0.3) is 11.5 Å². The van der Waals surface area contributed by atoms with Gasteiger partial charge in [0.1, 0.15) is 5.82 Å². The van der Waals surface area contributed by atoms with Crippen LogP contribution >= 0.6 is 0 Å². The van der Waals surface area contributed by atoms with Gasteiger partial charge in [0.15, 0.2) is 0 Å². The minimum Gasteiger partial charge on any atom is -0.465 e. The maximum atomic E-state index is 12.7. The quantitative estimate of drug-likeness (QED) is 0.695. The zero-order chi connectivity index (χ0) is 19.4. The molecule has 2 heterocycles. The molecule has 0 bridgehead atoms. The van der Waals surface area contributed by atoms with Gasteiger partial charge in [-0.2, -0.15) is 13.2 Å². The van der Waals surface area contributed by atoms with Crippen LogP contribution in [0.3, 0.4) is 0 Å². The number of carbonyl (C=O) groups is 1. The number of hydrogen-bond acceptors (Lipinski definition) is 5. The normalized spacial score (nSPS) is 11.4. The van der Waals surface area contributed by atoms with E-state index in [1.807, 2.05) is 0 Å². The van der Waals surface area contributed by atoms with E-state index in [1.165, 1.54) is 18.3 Å². The zero-order valence-corrected chi connectivity index (χ0v) is 13.7. The molecule has 0 atom stereocenters. The van der Waals surface area contributed by atoms with E-state index in [0.29, 0.717) is 17.5 Å². The lowest BCUT2D eigenvalue weighted by atomic mass is 10.1. The summed E-state index contributed by atoms with van der Waals surface area (Å²) < 4.78 is 43.7. The van der Waals surface area contributed by atoms with E-state index in [9.17, 15) is 18.0 Å². The zero-order valence-electron chi connectivity index (χ0n) is 13.7. The number of aryl methyl sites for hydroxylation is 2. The van der Waals surface area contributed by atoms with Gasteiger partial charge in [-0.25, -0.2) is 9.78 Å². The second kappa shape index (κ2) is 7.44. The fourth-order valence-electron chi connectivity index (χ4n) is 2.37. The van der Waals surface area contributed by atoms with Gasteiger partial charge in [0.25, 0.3) is 0 Å². The van der Waals surface area contributed by atoms with Crippen LogP contribution in [0.4, 0.5) is 23.8 Å². The van der Waals surface area contributed by atoms with Crippen molar-refractivity contribution in [1.82, 2.24) is 15.2 Å². The van der Waals surface area contributed by atoms with Gasteiger partial charge < -0.3 is 9.52 Å². The van der Waals surface area contributed by atoms with Gasteiger partial charge in [0.05, 0.1) is 5.56 Å². The molecule has 3 rings (SSSR count). The molecule has 0 aliphatic carbocycles. The van der Waals surface area contributed by atoms with E-state index >= 15 is 0 Å². The molecule has 1 aromatic carbocycles. The minimum absolute atomic E-state index is 0.101. The molecule has 2 aromatic heterocycles. The molecule has 7 nitrogen and oxygen atoms in total. The van der Waals surface area contributed by atoms with Crippen LogP contribution in [0.5, 0.6) is 0 Å². The molecule has 10 heteroatoms. The molecule has 0 aliphatic rings. The summed E-state index contributed by atoms with van der Waals surface area (Å²) in [5.74, 6) is 0.514. The molecule has 0 spiro atoms. The number of anilines is 1. The van der Waals surface area contributed by atoms with Crippen molar-refractivity contribution in [1.29, 1.82) is 0 Å². The predicted octanol–water partition coefficient (Wildman–Crippen LogP) is 4.03. The SMILES string of the molecule is O=C(O)Nc1cc(-c2nnc(CCc3cccc(C(F)(F)F)c3)o2)ccn1. The number of benzene rings is 1. The third kappa shape index (κ3) is 4.81. The van der Waals surface area contributed by atoms with Crippen molar-refractivity contribution in [3.8, 4) is 11.5 Å². The number of nitrogens with zero attached hydrogens (tertiary/aromatic N) is 3. The first kappa shape index (κ1) is 18.4. The van der Waals surface area contributed by atoms with Crippen molar-refractivity contribution in [2.45, 2.75) is 19.0 Å². The molecular weight excluding hydrogens is 365 g/mol. The van der Waals surface area contributed by atoms with E-state index in [4.69, 9.17) is 9.52 Å². The monoisotopic (exact) mass is 378 g/mol. The molecule has 3 aromatic rings. The fraction of sp³-hybridized carbons (Fsp3) is 0.176. The number of nitrogens with one attached hydrogen (secondary N) is 1. The lowest BCUT2D eigenvalue weighted by molar-refractivity contribution is -0.137. The molecule has 27 heavy (non-hydrogen) atoms. The van der Waals surface area contributed by atoms with Crippen LogP contribution < -0.4 is 5.32 Å². The summed E-state index contributed by atoms with van der Waals surface area (Å²) in [5, 5.41) is 18.6. The highest BCUT2D eigenvalue weighted by atomic mass is 19.4. The average molecular weight is 378 g/mol. The third-order valence-corrected chi connectivity index (χ3v) is 3.59. The fourth-order valence-corrected chi connectivity index (χ4v) is 2.37. The molecule has 0 saturated carbocycles. The van der Waals surface area contributed by atoms with Crippen LogP contribution in [-0.2, 0) is 19.0 Å². The van der Waals surface area contributed by atoms with E-state index in [0.717, 1.165) is 12.1 Å². The Balaban J connectivity index is 1.69. The smallest absolute Gasteiger partial charge is 0.416 e. The molecule has 0 aliphatic heterocycles. The van der Waals surface area contributed by atoms with Crippen molar-refractivity contribution in [3.05, 3.63) is 59.6 Å². The van der Waals surface area contributed by atoms with Gasteiger partial charge in [0, 0.05) is 18.2 Å². The van der Waals surface area contributed by atoms with E-state index in [-0.39, 0.29) is 24.0 Å². The number of hydrogen-bond donors (Lipinski definition) is 2. The van der Waals surface area contributed by atoms with Gasteiger partial charge in [-0.15, -0.1) is 10.2 Å². The summed E-state index contributed by atoms with van der Waals surface area (Å²) in [6.07, 6.45) is -3.70. The Kier molecular flexibility index (Phi) is 5.06. The van der Waals surface area contributed by atoms with Gasteiger partial charge >= 0.3 is 12.3 Å². The Morgan fingerprint density at radius 3 is 2.70 bits per heavy atom. The van der Waals surface area contributed by atoms with Crippen LogP contribution in [0.1, 0.15) is 17.0 Å². The molecule has 0 unspecified atom stereocenters. The first-order valence-corrected chi connectivity index (χ1v) is 7.76. The number of alkyl halides is 3. The minimum atomic E-state index is -4.39. The first-order chi connectivity index (χ1) is 12.8. The van der Waals surface area contributed by atoms with Crippen LogP contribution in [0.2, 0.25) is 0 Å². The van der Waals surface area contributed by atoms with Crippen molar-refractivity contribution in [2.75, 3.05) is 5.32 Å². The largest absolute Gasteiger partial charge is 0.465 e. The molecule has 0 radical (unpaired) electrons. The molecule has 140 valence electrons. The summed E-state index contributed by atoms with van der Waals surface area (Å²) >= 11 is 0. The highest BCUT2D eigenvalue weighted by Crippen LogP contribution is 2.29. The Morgan fingerprint density at radius 2 is 1.96 bits per heavy atom. The Hall–Kier alpha value is -3.43. The predicted molar refractivity (Wildman–Crippen MR) is 88.0 cm³/mol. The molecule has 2 N–H and O–H groups in total. The molecule has 1 amide bonds. The second-order valence-electron chi connectivity index (χ2n) is 5.56. The van der Waals surface area contributed by atoms with Crippen molar-refractivity contribution >= 4 is 11.9 Å². The van der Waals surface area contributed by atoms with Crippen LogP contribution in [-0.4, -0.2) is 26.4 Å². The highest BCUT2D eigenvalue weighted by molar-refractivity contribution is 5.82. The Labute approximate surface area is 150 Å². The topological polar surface area (TPSA) is 101 Å². The number of amides is 1. The summed E-state index contributed by atoms with van der Waals surface area (Å²) in [7, 11) is 0. The molecule has 0 saturated heterocycles. The third-order valence-electron chi connectivity index (χ3n) is 3.59. The van der Waals surface area contributed by atoms with Crippen molar-refractivity contribution < 1.29 is 27.5 Å². The lowest BCUT2D eigenvalue weighted by Gasteiger charge is -2.07. The Bertz CT molecular complexity index is 956. The van der Waals surface area contributed by atoms with E-state index in [1.54, 1.807) is 12.1 Å². The van der Waals surface area contributed by atoms with Crippen LogP contribution in [0, 0.1) is 0 Å². The standard InChI is InChI=1S/C17H13F3N4O3/c18-17(19,20)12-3-1-2-10(8-12)4-5-14-23-24-15(27-14)11-6-7-21-13(9-11)22-16(25)26/h1-3,6-9H,4-5H2,(H,21,22)(H,25,26). The number of rotatable bonds is 5. The second-order valence-corrected chi connectivity index (χ2v) is 5.56. The lowest BCUT2D eigenvalue weighted by Crippen LogP contribution is -2.08. The summed E-state index contributed by atoms with van der Waals surface area (Å²) in [5.41, 5.74) is 0.259. The number of aromatic nitrogens is 3. The number of halogens is 3. The maximum Gasteiger partial charge on any atom is 0.416 e. The first-order valence-electron chi connectivity index (χ1n) is 7.76. The summed E-state index contributed by atoms with van der Waals surface area (Å²) in [6, 6.07) is 8.05. The average Bonchev–Trinajstić information content (AvgIpc) is 3.08. The van der Waals surface area contributed by atoms with Gasteiger partial charge in [-0.3, -0.25) is 5.32 Å². The summed E-state index contributed by atoms with van der Waals surface area (Å²) in [4.78, 5) is 14.5. The molecular formula is C17H13F3N4O3. The number of carboxylic acid groups (broad SMARTS) is 1. The van der Waals surface area contributed by atoms with E-state index in [2.05, 4.69) is 20.5 Å². The maximum absolute atomic E-state index is 12.7. The Morgan fingerprint density at radius 1 is 1.15 bits per heavy atom. The van der Waals surface area contributed by atoms with Crippen molar-refractivity contribution in [2.24, 2.45) is 0 Å². The highest BCUT2D eigenvalue weighted by Gasteiger charge is 2.30. The van der Waals surface area contributed by atoms with Gasteiger partial charge in [0.2, 0.25) is 11.8 Å².